The third kappa shape index (κ3) is 4.33. The molecule has 2 aromatic carbocycles. The van der Waals surface area contributed by atoms with Crippen LogP contribution in [0.1, 0.15) is 43.0 Å². The zero-order chi connectivity index (χ0) is 22.9. The van der Waals surface area contributed by atoms with Crippen LogP contribution in [0, 0.1) is 0 Å². The molecule has 1 amide bonds. The van der Waals surface area contributed by atoms with Crippen molar-refractivity contribution in [3.05, 3.63) is 94.3 Å². The molecule has 0 bridgehead atoms. The minimum atomic E-state index is -1.34. The van der Waals surface area contributed by atoms with Crippen molar-refractivity contribution >= 4 is 19.0 Å². The van der Waals surface area contributed by atoms with Crippen LogP contribution < -0.4 is 9.97 Å². The fourth-order valence-corrected chi connectivity index (χ4v) is 4.44. The highest BCUT2D eigenvalue weighted by Crippen LogP contribution is 2.30. The van der Waals surface area contributed by atoms with Gasteiger partial charge in [0, 0.05) is 37.6 Å². The fraction of sp³-hybridized carbons (Fsp3) is 0.208. The number of rotatable bonds is 5. The number of hydrogen-bond acceptors (Lipinski definition) is 6. The van der Waals surface area contributed by atoms with Gasteiger partial charge < -0.3 is 20.1 Å². The molecule has 2 aliphatic heterocycles. The first-order valence-electron chi connectivity index (χ1n) is 10.7. The number of nitrogens with one attached hydrogen (secondary N) is 1. The third-order valence-corrected chi connectivity index (χ3v) is 6.05. The number of carboxylic acid groups (broad SMARTS) is 1. The third-order valence-electron chi connectivity index (χ3n) is 6.05. The Kier molecular flexibility index (Phi) is 5.57. The number of fused-ring (bicyclic) bond motifs is 2. The number of carboxylic acids is 1. The summed E-state index contributed by atoms with van der Waals surface area (Å²) in [7, 11) is -1.34. The maximum atomic E-state index is 12.9. The molecule has 0 saturated heterocycles. The minimum absolute atomic E-state index is 0.00853. The van der Waals surface area contributed by atoms with Crippen LogP contribution in [0.3, 0.4) is 0 Å². The van der Waals surface area contributed by atoms with Gasteiger partial charge in [-0.2, -0.15) is 0 Å². The second-order valence-electron chi connectivity index (χ2n) is 8.38. The lowest BCUT2D eigenvalue weighted by molar-refractivity contribution is 0.0693. The maximum Gasteiger partial charge on any atom is 0.547 e. The normalized spacial score (nSPS) is 17.1. The summed E-state index contributed by atoms with van der Waals surface area (Å²) in [5.74, 6) is -1.98. The lowest BCUT2D eigenvalue weighted by Gasteiger charge is -2.28. The van der Waals surface area contributed by atoms with E-state index in [-0.39, 0.29) is 23.6 Å². The predicted molar refractivity (Wildman–Crippen MR) is 121 cm³/mol. The summed E-state index contributed by atoms with van der Waals surface area (Å²) in [5.41, 5.74) is 4.56. The zero-order valence-electron chi connectivity index (χ0n) is 17.8. The fourth-order valence-electron chi connectivity index (χ4n) is 4.44. The number of aromatic nitrogens is 1. The molecule has 1 atom stereocenters. The molecule has 9 heteroatoms. The van der Waals surface area contributed by atoms with E-state index < -0.39 is 19.0 Å². The van der Waals surface area contributed by atoms with E-state index in [1.54, 1.807) is 24.4 Å². The molecule has 0 aliphatic carbocycles. The average molecular weight is 443 g/mol. The lowest BCUT2D eigenvalue weighted by atomic mass is 9.72. The van der Waals surface area contributed by atoms with Gasteiger partial charge in [0.15, 0.2) is 0 Å². The van der Waals surface area contributed by atoms with E-state index in [0.717, 1.165) is 30.8 Å². The van der Waals surface area contributed by atoms with Gasteiger partial charge in [-0.3, -0.25) is 14.7 Å². The number of benzene rings is 2. The van der Waals surface area contributed by atoms with Gasteiger partial charge in [-0.1, -0.05) is 24.3 Å². The van der Waals surface area contributed by atoms with Crippen LogP contribution in [0.25, 0.3) is 0 Å². The van der Waals surface area contributed by atoms with Crippen LogP contribution in [0.15, 0.2) is 60.9 Å². The number of nitrogens with zero attached hydrogens (tertiary/aromatic N) is 2. The number of para-hydroxylation sites is 1. The molecule has 1 aromatic heterocycles. The molecule has 33 heavy (non-hydrogen) atoms. The predicted octanol–water partition coefficient (Wildman–Crippen LogP) is 2.05. The van der Waals surface area contributed by atoms with Gasteiger partial charge >= 0.3 is 13.1 Å². The van der Waals surface area contributed by atoms with Gasteiger partial charge in [-0.25, -0.2) is 4.79 Å². The van der Waals surface area contributed by atoms with Crippen molar-refractivity contribution in [1.82, 2.24) is 15.2 Å². The first-order chi connectivity index (χ1) is 16.0. The topological polar surface area (TPSA) is 112 Å². The Balaban J connectivity index is 1.27. The highest BCUT2D eigenvalue weighted by Gasteiger charge is 2.38. The first-order valence-corrected chi connectivity index (χ1v) is 10.7. The molecule has 0 radical (unpaired) electrons. The van der Waals surface area contributed by atoms with Crippen LogP contribution in [-0.2, 0) is 26.1 Å². The summed E-state index contributed by atoms with van der Waals surface area (Å²) in [5, 5.41) is 22.6. The minimum Gasteiger partial charge on any atom is -0.534 e. The molecular formula is C24H22BN3O5. The van der Waals surface area contributed by atoms with E-state index >= 15 is 0 Å². The van der Waals surface area contributed by atoms with E-state index in [9.17, 15) is 19.7 Å². The molecule has 3 N–H and O–H groups in total. The molecule has 5 rings (SSSR count). The number of aromatic carboxylic acids is 1. The molecule has 0 spiro atoms. The Morgan fingerprint density at radius 2 is 1.97 bits per heavy atom. The standard InChI is InChI=1S/C24H22BN3O5/c29-23(27-21-10-16-4-1-5-20(24(30)31)22(16)33-25(21)32)17-6-7-18-13-28(14-19(18)9-17)12-15-3-2-8-26-11-15/h1-9,11,21,32H,10,12-14H2,(H,27,29)(H,30,31). The van der Waals surface area contributed by atoms with E-state index in [1.807, 2.05) is 30.5 Å². The number of pyridine rings is 1. The van der Waals surface area contributed by atoms with E-state index in [4.69, 9.17) is 4.65 Å². The molecule has 3 heterocycles. The Bertz CT molecular complexity index is 1220. The van der Waals surface area contributed by atoms with Crippen LogP contribution >= 0.6 is 0 Å². The Morgan fingerprint density at radius 1 is 1.12 bits per heavy atom. The van der Waals surface area contributed by atoms with Crippen LogP contribution in [0.2, 0.25) is 0 Å². The molecule has 1 unspecified atom stereocenters. The zero-order valence-corrected chi connectivity index (χ0v) is 17.8. The molecule has 0 saturated carbocycles. The van der Waals surface area contributed by atoms with Crippen molar-refractivity contribution in [2.24, 2.45) is 0 Å². The summed E-state index contributed by atoms with van der Waals surface area (Å²) in [6.45, 7) is 2.34. The molecule has 166 valence electrons. The average Bonchev–Trinajstić information content (AvgIpc) is 3.21. The Hall–Kier alpha value is -3.69. The summed E-state index contributed by atoms with van der Waals surface area (Å²) in [6.07, 6.45) is 3.88. The summed E-state index contributed by atoms with van der Waals surface area (Å²) < 4.78 is 5.47. The van der Waals surface area contributed by atoms with Gasteiger partial charge in [-0.15, -0.1) is 0 Å². The van der Waals surface area contributed by atoms with Gasteiger partial charge in [0.2, 0.25) is 0 Å². The largest absolute Gasteiger partial charge is 0.547 e. The summed E-state index contributed by atoms with van der Waals surface area (Å²) in [4.78, 5) is 30.8. The maximum absolute atomic E-state index is 12.9. The van der Waals surface area contributed by atoms with Crippen molar-refractivity contribution in [3.8, 4) is 5.75 Å². The second kappa shape index (κ2) is 8.69. The van der Waals surface area contributed by atoms with Crippen molar-refractivity contribution in [2.45, 2.75) is 32.0 Å². The monoisotopic (exact) mass is 443 g/mol. The van der Waals surface area contributed by atoms with Crippen LogP contribution in [0.4, 0.5) is 0 Å². The smallest absolute Gasteiger partial charge is 0.534 e. The molecular weight excluding hydrogens is 421 g/mol. The molecule has 0 fully saturated rings. The molecule has 8 nitrogen and oxygen atoms in total. The second-order valence-corrected chi connectivity index (χ2v) is 8.38. The van der Waals surface area contributed by atoms with Crippen LogP contribution in [-0.4, -0.2) is 45.0 Å². The highest BCUT2D eigenvalue weighted by atomic mass is 16.5. The number of hydrogen-bond donors (Lipinski definition) is 3. The SMILES string of the molecule is O=C(NC1Cc2cccc(C(=O)O)c2OB1O)c1ccc2c(c1)CN(Cc1cccnc1)C2. The summed E-state index contributed by atoms with van der Waals surface area (Å²) >= 11 is 0. The molecule has 3 aromatic rings. The number of amides is 1. The van der Waals surface area contributed by atoms with Gasteiger partial charge in [0.1, 0.15) is 5.75 Å². The first kappa shape index (κ1) is 21.2. The van der Waals surface area contributed by atoms with Crippen LogP contribution in [0.5, 0.6) is 5.75 Å². The lowest BCUT2D eigenvalue weighted by Crippen LogP contribution is -2.53. The van der Waals surface area contributed by atoms with Gasteiger partial charge in [0.25, 0.3) is 5.91 Å². The summed E-state index contributed by atoms with van der Waals surface area (Å²) in [6, 6.07) is 14.4. The number of carbonyl (C=O) groups is 2. The van der Waals surface area contributed by atoms with Gasteiger partial charge in [0.05, 0.1) is 11.5 Å². The van der Waals surface area contributed by atoms with E-state index in [2.05, 4.69) is 15.2 Å². The Morgan fingerprint density at radius 3 is 2.76 bits per heavy atom. The van der Waals surface area contributed by atoms with Crippen molar-refractivity contribution in [3.63, 3.8) is 0 Å². The molecule has 2 aliphatic rings. The van der Waals surface area contributed by atoms with Crippen molar-refractivity contribution < 1.29 is 24.4 Å². The Labute approximate surface area is 191 Å². The van der Waals surface area contributed by atoms with Crippen molar-refractivity contribution in [2.75, 3.05) is 0 Å². The van der Waals surface area contributed by atoms with E-state index in [0.29, 0.717) is 11.1 Å². The number of carbonyl (C=O) groups excluding carboxylic acids is 1. The van der Waals surface area contributed by atoms with Crippen molar-refractivity contribution in [1.29, 1.82) is 0 Å². The van der Waals surface area contributed by atoms with E-state index in [1.165, 1.54) is 11.6 Å². The highest BCUT2D eigenvalue weighted by molar-refractivity contribution is 6.47. The van der Waals surface area contributed by atoms with Gasteiger partial charge in [-0.05, 0) is 52.9 Å². The quantitative estimate of drug-likeness (QED) is 0.518.